The molecule has 4 heteroatoms. The van der Waals surface area contributed by atoms with Crippen molar-refractivity contribution in [1.29, 1.82) is 0 Å². The van der Waals surface area contributed by atoms with E-state index < -0.39 is 0 Å². The molecule has 0 aliphatic heterocycles. The molecule has 0 saturated heterocycles. The lowest BCUT2D eigenvalue weighted by Crippen LogP contribution is -2.30. The van der Waals surface area contributed by atoms with E-state index in [0.29, 0.717) is 12.1 Å². The Hall–Kier alpha value is -3.27. The van der Waals surface area contributed by atoms with Crippen molar-refractivity contribution in [3.05, 3.63) is 78.4 Å². The molecule has 4 nitrogen and oxygen atoms in total. The smallest absolute Gasteiger partial charge is 0.258 e. The standard InChI is InChI=1S/C21H17N3O/c1-2-24(16-8-4-3-5-9-16)21(25)15-12-13-19-20(14-15)23-18-11-7-6-10-17(18)22-19/h3-14H,2H2,1H3. The van der Waals surface area contributed by atoms with Gasteiger partial charge < -0.3 is 4.90 Å². The van der Waals surface area contributed by atoms with E-state index in [1.54, 1.807) is 4.90 Å². The topological polar surface area (TPSA) is 46.1 Å². The average molecular weight is 327 g/mol. The van der Waals surface area contributed by atoms with Gasteiger partial charge in [0.25, 0.3) is 5.91 Å². The van der Waals surface area contributed by atoms with Crippen molar-refractivity contribution < 1.29 is 4.79 Å². The van der Waals surface area contributed by atoms with E-state index >= 15 is 0 Å². The molecule has 0 spiro atoms. The van der Waals surface area contributed by atoms with Gasteiger partial charge in [-0.05, 0) is 49.4 Å². The third kappa shape index (κ3) is 2.83. The van der Waals surface area contributed by atoms with Crippen LogP contribution in [-0.4, -0.2) is 22.4 Å². The zero-order chi connectivity index (χ0) is 17.2. The summed E-state index contributed by atoms with van der Waals surface area (Å²) in [5.41, 5.74) is 4.71. The number of fused-ring (bicyclic) bond motifs is 2. The van der Waals surface area contributed by atoms with Gasteiger partial charge in [-0.2, -0.15) is 0 Å². The molecule has 1 amide bonds. The molecule has 0 atom stereocenters. The Balaban J connectivity index is 1.77. The minimum atomic E-state index is -0.0365. The van der Waals surface area contributed by atoms with E-state index in [2.05, 4.69) is 9.97 Å². The predicted molar refractivity (Wildman–Crippen MR) is 101 cm³/mol. The molecule has 0 fully saturated rings. The summed E-state index contributed by atoms with van der Waals surface area (Å²) in [4.78, 5) is 24.0. The van der Waals surface area contributed by atoms with Gasteiger partial charge in [0.15, 0.2) is 0 Å². The van der Waals surface area contributed by atoms with Crippen molar-refractivity contribution in [3.63, 3.8) is 0 Å². The highest BCUT2D eigenvalue weighted by atomic mass is 16.2. The number of para-hydroxylation sites is 3. The first-order chi connectivity index (χ1) is 12.3. The van der Waals surface area contributed by atoms with Crippen LogP contribution in [0.1, 0.15) is 17.3 Å². The molecule has 3 aromatic carbocycles. The first-order valence-corrected chi connectivity index (χ1v) is 8.30. The summed E-state index contributed by atoms with van der Waals surface area (Å²) in [6.45, 7) is 2.57. The fourth-order valence-corrected chi connectivity index (χ4v) is 2.96. The van der Waals surface area contributed by atoms with E-state index in [1.807, 2.05) is 79.7 Å². The summed E-state index contributed by atoms with van der Waals surface area (Å²) in [6.07, 6.45) is 0. The number of aromatic nitrogens is 2. The summed E-state index contributed by atoms with van der Waals surface area (Å²) in [5, 5.41) is 0. The fourth-order valence-electron chi connectivity index (χ4n) is 2.96. The molecule has 4 rings (SSSR count). The van der Waals surface area contributed by atoms with Crippen LogP contribution in [-0.2, 0) is 0 Å². The van der Waals surface area contributed by atoms with Gasteiger partial charge in [-0.15, -0.1) is 0 Å². The van der Waals surface area contributed by atoms with Crippen LogP contribution in [0.15, 0.2) is 72.8 Å². The van der Waals surface area contributed by atoms with Crippen LogP contribution < -0.4 is 4.90 Å². The maximum Gasteiger partial charge on any atom is 0.258 e. The first kappa shape index (κ1) is 15.3. The number of hydrogen-bond donors (Lipinski definition) is 0. The number of nitrogens with zero attached hydrogens (tertiary/aromatic N) is 3. The lowest BCUT2D eigenvalue weighted by molar-refractivity contribution is 0.0988. The third-order valence-corrected chi connectivity index (χ3v) is 4.22. The molecule has 4 aromatic rings. The molecular weight excluding hydrogens is 310 g/mol. The second kappa shape index (κ2) is 6.32. The van der Waals surface area contributed by atoms with Gasteiger partial charge in [0.05, 0.1) is 22.1 Å². The molecule has 122 valence electrons. The molecule has 0 unspecified atom stereocenters. The summed E-state index contributed by atoms with van der Waals surface area (Å²) < 4.78 is 0. The number of anilines is 1. The van der Waals surface area contributed by atoms with E-state index in [1.165, 1.54) is 0 Å². The molecule has 0 N–H and O–H groups in total. The second-order valence-electron chi connectivity index (χ2n) is 5.80. The summed E-state index contributed by atoms with van der Waals surface area (Å²) in [7, 11) is 0. The van der Waals surface area contributed by atoms with Crippen LogP contribution in [0, 0.1) is 0 Å². The Kier molecular flexibility index (Phi) is 3.86. The Bertz CT molecular complexity index is 1060. The van der Waals surface area contributed by atoms with Gasteiger partial charge in [0.2, 0.25) is 0 Å². The zero-order valence-electron chi connectivity index (χ0n) is 13.9. The van der Waals surface area contributed by atoms with Gasteiger partial charge in [-0.1, -0.05) is 30.3 Å². The number of amides is 1. The van der Waals surface area contributed by atoms with Crippen molar-refractivity contribution >= 4 is 33.7 Å². The SMILES string of the molecule is CCN(C(=O)c1ccc2nc3ccccc3nc2c1)c1ccccc1. The normalized spacial score (nSPS) is 10.9. The van der Waals surface area contributed by atoms with Crippen LogP contribution in [0.3, 0.4) is 0 Å². The molecule has 0 aliphatic rings. The zero-order valence-corrected chi connectivity index (χ0v) is 13.9. The molecule has 0 bridgehead atoms. The minimum Gasteiger partial charge on any atom is -0.309 e. The predicted octanol–water partition coefficient (Wildman–Crippen LogP) is 4.45. The van der Waals surface area contributed by atoms with Crippen LogP contribution in [0.4, 0.5) is 5.69 Å². The van der Waals surface area contributed by atoms with E-state index in [9.17, 15) is 4.79 Å². The molecule has 0 radical (unpaired) electrons. The quantitative estimate of drug-likeness (QED) is 0.522. The number of hydrogen-bond acceptors (Lipinski definition) is 3. The number of benzene rings is 3. The Morgan fingerprint density at radius 2 is 1.40 bits per heavy atom. The lowest BCUT2D eigenvalue weighted by Gasteiger charge is -2.21. The Morgan fingerprint density at radius 3 is 2.08 bits per heavy atom. The maximum absolute atomic E-state index is 13.0. The molecule has 25 heavy (non-hydrogen) atoms. The van der Waals surface area contributed by atoms with E-state index in [0.717, 1.165) is 27.8 Å². The third-order valence-electron chi connectivity index (χ3n) is 4.22. The molecule has 1 heterocycles. The van der Waals surface area contributed by atoms with Crippen LogP contribution in [0.25, 0.3) is 22.1 Å². The fraction of sp³-hybridized carbons (Fsp3) is 0.0952. The average Bonchev–Trinajstić information content (AvgIpc) is 2.67. The van der Waals surface area contributed by atoms with Crippen LogP contribution in [0.2, 0.25) is 0 Å². The Labute approximate surface area is 145 Å². The van der Waals surface area contributed by atoms with Gasteiger partial charge in [-0.25, -0.2) is 9.97 Å². The van der Waals surface area contributed by atoms with Crippen LogP contribution in [0.5, 0.6) is 0 Å². The number of carbonyl (C=O) groups excluding carboxylic acids is 1. The maximum atomic E-state index is 13.0. The van der Waals surface area contributed by atoms with Gasteiger partial charge in [0, 0.05) is 17.8 Å². The number of carbonyl (C=O) groups is 1. The van der Waals surface area contributed by atoms with Gasteiger partial charge >= 0.3 is 0 Å². The van der Waals surface area contributed by atoms with Crippen molar-refractivity contribution in [2.75, 3.05) is 11.4 Å². The first-order valence-electron chi connectivity index (χ1n) is 8.30. The second-order valence-corrected chi connectivity index (χ2v) is 5.80. The highest BCUT2D eigenvalue weighted by Crippen LogP contribution is 2.20. The molecule has 0 saturated carbocycles. The largest absolute Gasteiger partial charge is 0.309 e. The minimum absolute atomic E-state index is 0.0365. The van der Waals surface area contributed by atoms with E-state index in [-0.39, 0.29) is 5.91 Å². The van der Waals surface area contributed by atoms with Gasteiger partial charge in [0.1, 0.15) is 0 Å². The monoisotopic (exact) mass is 327 g/mol. The summed E-state index contributed by atoms with van der Waals surface area (Å²) >= 11 is 0. The Morgan fingerprint density at radius 1 is 0.800 bits per heavy atom. The van der Waals surface area contributed by atoms with Crippen LogP contribution >= 0.6 is 0 Å². The highest BCUT2D eigenvalue weighted by molar-refractivity contribution is 6.07. The summed E-state index contributed by atoms with van der Waals surface area (Å²) in [5.74, 6) is -0.0365. The molecular formula is C21H17N3O. The highest BCUT2D eigenvalue weighted by Gasteiger charge is 2.16. The van der Waals surface area contributed by atoms with Crippen molar-refractivity contribution in [3.8, 4) is 0 Å². The molecule has 1 aromatic heterocycles. The lowest BCUT2D eigenvalue weighted by atomic mass is 10.1. The van der Waals surface area contributed by atoms with Crippen molar-refractivity contribution in [2.45, 2.75) is 6.92 Å². The van der Waals surface area contributed by atoms with Gasteiger partial charge in [-0.3, -0.25) is 4.79 Å². The van der Waals surface area contributed by atoms with Crippen molar-refractivity contribution in [2.24, 2.45) is 0 Å². The summed E-state index contributed by atoms with van der Waals surface area (Å²) in [6, 6.07) is 22.9. The van der Waals surface area contributed by atoms with E-state index in [4.69, 9.17) is 0 Å². The van der Waals surface area contributed by atoms with Crippen molar-refractivity contribution in [1.82, 2.24) is 9.97 Å². The molecule has 0 aliphatic carbocycles. The number of rotatable bonds is 3.